The molecule has 2 unspecified atom stereocenters. The molecule has 0 aromatic heterocycles. The molecule has 0 aromatic carbocycles. The first-order valence-corrected chi connectivity index (χ1v) is 8.99. The summed E-state index contributed by atoms with van der Waals surface area (Å²) >= 11 is 0. The van der Waals surface area contributed by atoms with Gasteiger partial charge in [-0.2, -0.15) is 0 Å². The Kier molecular flexibility index (Phi) is 6.72. The van der Waals surface area contributed by atoms with E-state index in [1.807, 2.05) is 20.8 Å². The van der Waals surface area contributed by atoms with Gasteiger partial charge in [-0.25, -0.2) is 4.79 Å². The highest BCUT2D eigenvalue weighted by atomic mass is 16.6. The molecular weight excluding hydrogens is 294 g/mol. The van der Waals surface area contributed by atoms with Crippen molar-refractivity contribution in [3.8, 4) is 0 Å². The highest BCUT2D eigenvalue weighted by Crippen LogP contribution is 2.27. The van der Waals surface area contributed by atoms with Crippen molar-refractivity contribution < 1.29 is 19.0 Å². The number of carbonyl (C=O) groups is 1. The van der Waals surface area contributed by atoms with Crippen molar-refractivity contribution in [3.05, 3.63) is 0 Å². The fraction of sp³-hybridized carbons (Fsp3) is 0.944. The summed E-state index contributed by atoms with van der Waals surface area (Å²) in [6, 6.07) is 0.0474. The van der Waals surface area contributed by atoms with Crippen molar-refractivity contribution in [1.29, 1.82) is 0 Å². The maximum absolute atomic E-state index is 12.4. The first-order chi connectivity index (χ1) is 10.9. The summed E-state index contributed by atoms with van der Waals surface area (Å²) in [5.41, 5.74) is -0.476. The van der Waals surface area contributed by atoms with Gasteiger partial charge in [-0.3, -0.25) is 0 Å². The minimum absolute atomic E-state index is 0.0474. The molecule has 1 aliphatic heterocycles. The van der Waals surface area contributed by atoms with Crippen LogP contribution in [0.15, 0.2) is 0 Å². The Bertz CT molecular complexity index is 374. The molecule has 1 amide bonds. The minimum atomic E-state index is -0.476. The van der Waals surface area contributed by atoms with Crippen LogP contribution in [0.3, 0.4) is 0 Å². The molecule has 2 rings (SSSR count). The largest absolute Gasteiger partial charge is 0.444 e. The molecule has 2 atom stereocenters. The molecule has 0 bridgehead atoms. The van der Waals surface area contributed by atoms with E-state index in [0.717, 1.165) is 13.0 Å². The predicted octanol–water partition coefficient (Wildman–Crippen LogP) is 3.61. The fourth-order valence-corrected chi connectivity index (χ4v) is 3.51. The van der Waals surface area contributed by atoms with Crippen LogP contribution >= 0.6 is 0 Å². The lowest BCUT2D eigenvalue weighted by Crippen LogP contribution is -2.42. The number of carbonyl (C=O) groups excluding carboxylic acids is 1. The third-order valence-electron chi connectivity index (χ3n) is 4.66. The number of ether oxygens (including phenoxy) is 3. The zero-order chi connectivity index (χ0) is 16.9. The normalized spacial score (nSPS) is 26.5. The quantitative estimate of drug-likeness (QED) is 0.774. The average Bonchev–Trinajstić information content (AvgIpc) is 2.88. The van der Waals surface area contributed by atoms with E-state index < -0.39 is 5.60 Å². The number of nitrogens with zero attached hydrogens (tertiary/aromatic N) is 1. The molecular formula is C18H33NO4. The lowest BCUT2D eigenvalue weighted by molar-refractivity contribution is 0.00736. The number of rotatable bonds is 5. The second kappa shape index (κ2) is 8.34. The van der Waals surface area contributed by atoms with Gasteiger partial charge in [0, 0.05) is 13.7 Å². The van der Waals surface area contributed by atoms with E-state index in [1.165, 1.54) is 32.1 Å². The molecule has 0 radical (unpaired) electrons. The molecule has 5 nitrogen and oxygen atoms in total. The van der Waals surface area contributed by atoms with Gasteiger partial charge in [0.25, 0.3) is 0 Å². The average molecular weight is 327 g/mol. The van der Waals surface area contributed by atoms with Gasteiger partial charge in [-0.15, -0.1) is 0 Å². The van der Waals surface area contributed by atoms with E-state index >= 15 is 0 Å². The van der Waals surface area contributed by atoms with Gasteiger partial charge < -0.3 is 19.1 Å². The molecule has 23 heavy (non-hydrogen) atoms. The van der Waals surface area contributed by atoms with Crippen LogP contribution in [0, 0.1) is 5.92 Å². The molecule has 2 aliphatic rings. The Morgan fingerprint density at radius 1 is 1.13 bits per heavy atom. The van der Waals surface area contributed by atoms with Crippen molar-refractivity contribution in [2.45, 2.75) is 77.0 Å². The minimum Gasteiger partial charge on any atom is -0.444 e. The molecule has 0 aromatic rings. The van der Waals surface area contributed by atoms with E-state index in [0.29, 0.717) is 19.1 Å². The first-order valence-electron chi connectivity index (χ1n) is 8.99. The molecule has 2 fully saturated rings. The van der Waals surface area contributed by atoms with Crippen LogP contribution in [0.25, 0.3) is 0 Å². The topological polar surface area (TPSA) is 48.0 Å². The van der Waals surface area contributed by atoms with Crippen LogP contribution < -0.4 is 0 Å². The van der Waals surface area contributed by atoms with Gasteiger partial charge in [-0.05, 0) is 46.0 Å². The number of likely N-dealkylation sites (tertiary alicyclic amines) is 1. The van der Waals surface area contributed by atoms with Gasteiger partial charge in [0.05, 0.1) is 25.3 Å². The van der Waals surface area contributed by atoms with Gasteiger partial charge in [0.15, 0.2) is 0 Å². The molecule has 1 heterocycles. The zero-order valence-electron chi connectivity index (χ0n) is 15.2. The van der Waals surface area contributed by atoms with Crippen molar-refractivity contribution in [1.82, 2.24) is 4.90 Å². The monoisotopic (exact) mass is 327 g/mol. The van der Waals surface area contributed by atoms with Crippen molar-refractivity contribution in [2.75, 3.05) is 26.9 Å². The third kappa shape index (κ3) is 5.96. The SMILES string of the molecule is COCC1CC(OCC2CCCCC2)CN1C(=O)OC(C)(C)C. The molecule has 134 valence electrons. The summed E-state index contributed by atoms with van der Waals surface area (Å²) in [5, 5.41) is 0. The molecule has 0 spiro atoms. The molecule has 1 saturated carbocycles. The van der Waals surface area contributed by atoms with E-state index in [4.69, 9.17) is 14.2 Å². The van der Waals surface area contributed by atoms with Crippen LogP contribution in [-0.2, 0) is 14.2 Å². The van der Waals surface area contributed by atoms with Crippen LogP contribution in [0.1, 0.15) is 59.3 Å². The Balaban J connectivity index is 1.85. The lowest BCUT2D eigenvalue weighted by atomic mass is 9.90. The number of hydrogen-bond donors (Lipinski definition) is 0. The number of methoxy groups -OCH3 is 1. The van der Waals surface area contributed by atoms with E-state index in [1.54, 1.807) is 12.0 Å². The number of hydrogen-bond acceptors (Lipinski definition) is 4. The predicted molar refractivity (Wildman–Crippen MR) is 89.5 cm³/mol. The van der Waals surface area contributed by atoms with Crippen LogP contribution in [-0.4, -0.2) is 55.6 Å². The van der Waals surface area contributed by atoms with E-state index in [-0.39, 0.29) is 18.2 Å². The lowest BCUT2D eigenvalue weighted by Gasteiger charge is -2.28. The summed E-state index contributed by atoms with van der Waals surface area (Å²) in [6.07, 6.45) is 7.26. The second-order valence-electron chi connectivity index (χ2n) is 7.94. The Hall–Kier alpha value is -0.810. The molecule has 0 N–H and O–H groups in total. The second-order valence-corrected chi connectivity index (χ2v) is 7.94. The van der Waals surface area contributed by atoms with Gasteiger partial charge in [-0.1, -0.05) is 19.3 Å². The first kappa shape index (κ1) is 18.5. The fourth-order valence-electron chi connectivity index (χ4n) is 3.51. The Morgan fingerprint density at radius 3 is 2.43 bits per heavy atom. The Labute approximate surface area is 140 Å². The van der Waals surface area contributed by atoms with Gasteiger partial charge in [0.2, 0.25) is 0 Å². The zero-order valence-corrected chi connectivity index (χ0v) is 15.2. The van der Waals surface area contributed by atoms with Gasteiger partial charge in [0.1, 0.15) is 5.60 Å². The number of amides is 1. The van der Waals surface area contributed by atoms with Crippen LogP contribution in [0.2, 0.25) is 0 Å². The maximum atomic E-state index is 12.4. The van der Waals surface area contributed by atoms with E-state index in [2.05, 4.69) is 0 Å². The third-order valence-corrected chi connectivity index (χ3v) is 4.66. The van der Waals surface area contributed by atoms with Crippen LogP contribution in [0.4, 0.5) is 4.79 Å². The molecule has 5 heteroatoms. The molecule has 1 aliphatic carbocycles. The maximum Gasteiger partial charge on any atom is 0.410 e. The van der Waals surface area contributed by atoms with Crippen LogP contribution in [0.5, 0.6) is 0 Å². The van der Waals surface area contributed by atoms with Crippen molar-refractivity contribution in [2.24, 2.45) is 5.92 Å². The summed E-state index contributed by atoms with van der Waals surface area (Å²) in [4.78, 5) is 14.2. The Morgan fingerprint density at radius 2 is 1.83 bits per heavy atom. The highest BCUT2D eigenvalue weighted by molar-refractivity contribution is 5.69. The standard InChI is InChI=1S/C18H33NO4/c1-18(2,3)23-17(20)19-11-16(10-15(19)13-21-4)22-12-14-8-6-5-7-9-14/h14-16H,5-13H2,1-4H3. The van der Waals surface area contributed by atoms with Crippen molar-refractivity contribution in [3.63, 3.8) is 0 Å². The smallest absolute Gasteiger partial charge is 0.410 e. The van der Waals surface area contributed by atoms with Crippen molar-refractivity contribution >= 4 is 6.09 Å². The summed E-state index contributed by atoms with van der Waals surface area (Å²) in [6.45, 7) is 7.64. The highest BCUT2D eigenvalue weighted by Gasteiger charge is 2.38. The summed E-state index contributed by atoms with van der Waals surface area (Å²) in [5.74, 6) is 0.695. The molecule has 1 saturated heterocycles. The summed E-state index contributed by atoms with van der Waals surface area (Å²) < 4.78 is 16.9. The van der Waals surface area contributed by atoms with E-state index in [9.17, 15) is 4.79 Å². The van der Waals surface area contributed by atoms with Gasteiger partial charge >= 0.3 is 6.09 Å². The summed E-state index contributed by atoms with van der Waals surface area (Å²) in [7, 11) is 1.67.